The van der Waals surface area contributed by atoms with Crippen molar-refractivity contribution in [3.63, 3.8) is 0 Å². The van der Waals surface area contributed by atoms with E-state index in [2.05, 4.69) is 44.7 Å². The van der Waals surface area contributed by atoms with Gasteiger partial charge < -0.3 is 4.74 Å². The highest BCUT2D eigenvalue weighted by Crippen LogP contribution is 2.11. The summed E-state index contributed by atoms with van der Waals surface area (Å²) < 4.78 is 6.70. The van der Waals surface area contributed by atoms with Crippen molar-refractivity contribution >= 4 is 15.9 Å². The van der Waals surface area contributed by atoms with Crippen LogP contribution in [0.15, 0.2) is 41.1 Å². The molecule has 0 saturated heterocycles. The van der Waals surface area contributed by atoms with Gasteiger partial charge in [-0.25, -0.2) is 9.97 Å². The second kappa shape index (κ2) is 10.8. The summed E-state index contributed by atoms with van der Waals surface area (Å²) in [5.74, 6) is 7.22. The van der Waals surface area contributed by atoms with Gasteiger partial charge in [0.2, 0.25) is 5.82 Å². The van der Waals surface area contributed by atoms with Gasteiger partial charge in [-0.2, -0.15) is 0 Å². The number of nitrogens with zero attached hydrogens (tertiary/aromatic N) is 2. The fourth-order valence-electron chi connectivity index (χ4n) is 2.19. The van der Waals surface area contributed by atoms with E-state index in [1.165, 1.54) is 32.1 Å². The molecule has 3 nitrogen and oxygen atoms in total. The van der Waals surface area contributed by atoms with Crippen LogP contribution in [-0.2, 0) is 0 Å². The number of halogens is 1. The SMILES string of the molecule is CCCCCCCCOc1cnc(C#Cc2ccc(Br)cc2)nc1. The van der Waals surface area contributed by atoms with Gasteiger partial charge >= 0.3 is 0 Å². The van der Waals surface area contributed by atoms with E-state index in [0.29, 0.717) is 11.6 Å². The van der Waals surface area contributed by atoms with E-state index in [9.17, 15) is 0 Å². The Morgan fingerprint density at radius 1 is 0.917 bits per heavy atom. The molecule has 1 aromatic carbocycles. The molecule has 2 aromatic rings. The Hall–Kier alpha value is -1.86. The van der Waals surface area contributed by atoms with E-state index < -0.39 is 0 Å². The molecule has 0 spiro atoms. The van der Waals surface area contributed by atoms with E-state index in [0.717, 1.165) is 23.1 Å². The number of rotatable bonds is 8. The highest BCUT2D eigenvalue weighted by molar-refractivity contribution is 9.10. The molecular formula is C20H23BrN2O. The van der Waals surface area contributed by atoms with Crippen LogP contribution in [0.5, 0.6) is 5.75 Å². The summed E-state index contributed by atoms with van der Waals surface area (Å²) in [6.07, 6.45) is 10.9. The number of hydrogen-bond donors (Lipinski definition) is 0. The molecule has 24 heavy (non-hydrogen) atoms. The van der Waals surface area contributed by atoms with Crippen molar-refractivity contribution in [2.24, 2.45) is 0 Å². The van der Waals surface area contributed by atoms with E-state index in [4.69, 9.17) is 4.74 Å². The third-order valence-corrected chi connectivity index (χ3v) is 4.09. The Morgan fingerprint density at radius 3 is 2.29 bits per heavy atom. The van der Waals surface area contributed by atoms with Crippen molar-refractivity contribution in [1.29, 1.82) is 0 Å². The minimum atomic E-state index is 0.504. The van der Waals surface area contributed by atoms with Crippen LogP contribution in [0.4, 0.5) is 0 Å². The Morgan fingerprint density at radius 2 is 1.58 bits per heavy atom. The molecule has 0 aliphatic heterocycles. The predicted molar refractivity (Wildman–Crippen MR) is 101 cm³/mol. The summed E-state index contributed by atoms with van der Waals surface area (Å²) in [4.78, 5) is 8.46. The van der Waals surface area contributed by atoms with Crippen LogP contribution in [0.2, 0.25) is 0 Å². The van der Waals surface area contributed by atoms with Gasteiger partial charge in [-0.1, -0.05) is 60.9 Å². The van der Waals surface area contributed by atoms with Gasteiger partial charge in [0.1, 0.15) is 0 Å². The van der Waals surface area contributed by atoms with Gasteiger partial charge in [-0.15, -0.1) is 0 Å². The van der Waals surface area contributed by atoms with Crippen molar-refractivity contribution < 1.29 is 4.74 Å². The lowest BCUT2D eigenvalue weighted by Gasteiger charge is -2.05. The Balaban J connectivity index is 1.74. The second-order valence-electron chi connectivity index (χ2n) is 5.62. The molecule has 4 heteroatoms. The van der Waals surface area contributed by atoms with E-state index in [1.54, 1.807) is 12.4 Å². The van der Waals surface area contributed by atoms with Crippen LogP contribution in [0.25, 0.3) is 0 Å². The fraction of sp³-hybridized carbons (Fsp3) is 0.400. The molecule has 0 unspecified atom stereocenters. The van der Waals surface area contributed by atoms with Crippen molar-refractivity contribution in [2.45, 2.75) is 45.4 Å². The minimum absolute atomic E-state index is 0.504. The van der Waals surface area contributed by atoms with Crippen LogP contribution in [0.1, 0.15) is 56.8 Å². The quantitative estimate of drug-likeness (QED) is 0.451. The molecule has 0 radical (unpaired) electrons. The molecule has 0 atom stereocenters. The van der Waals surface area contributed by atoms with E-state index in [1.807, 2.05) is 24.3 Å². The van der Waals surface area contributed by atoms with Crippen molar-refractivity contribution in [3.8, 4) is 17.6 Å². The molecule has 1 heterocycles. The summed E-state index contributed by atoms with van der Waals surface area (Å²) in [6.45, 7) is 2.95. The van der Waals surface area contributed by atoms with Crippen molar-refractivity contribution in [3.05, 3.63) is 52.5 Å². The lowest BCUT2D eigenvalue weighted by atomic mass is 10.1. The van der Waals surface area contributed by atoms with Gasteiger partial charge in [0.15, 0.2) is 5.75 Å². The van der Waals surface area contributed by atoms with Crippen LogP contribution in [0.3, 0.4) is 0 Å². The number of aromatic nitrogens is 2. The second-order valence-corrected chi connectivity index (χ2v) is 6.53. The molecule has 0 aliphatic carbocycles. The van der Waals surface area contributed by atoms with Crippen LogP contribution in [0, 0.1) is 11.8 Å². The van der Waals surface area contributed by atoms with Crippen LogP contribution in [-0.4, -0.2) is 16.6 Å². The summed E-state index contributed by atoms with van der Waals surface area (Å²) in [6, 6.07) is 7.83. The maximum Gasteiger partial charge on any atom is 0.205 e. The molecule has 0 saturated carbocycles. The average molecular weight is 387 g/mol. The summed E-state index contributed by atoms with van der Waals surface area (Å²) in [5.41, 5.74) is 0.935. The van der Waals surface area contributed by atoms with E-state index >= 15 is 0 Å². The van der Waals surface area contributed by atoms with E-state index in [-0.39, 0.29) is 0 Å². The zero-order valence-corrected chi connectivity index (χ0v) is 15.7. The van der Waals surface area contributed by atoms with Gasteiger partial charge in [0.25, 0.3) is 0 Å². The molecule has 1 aromatic heterocycles. The molecule has 126 valence electrons. The lowest BCUT2D eigenvalue weighted by Crippen LogP contribution is -1.99. The monoisotopic (exact) mass is 386 g/mol. The Kier molecular flexibility index (Phi) is 8.34. The maximum atomic E-state index is 5.67. The number of benzene rings is 1. The van der Waals surface area contributed by atoms with Crippen LogP contribution >= 0.6 is 15.9 Å². The first kappa shape index (κ1) is 18.5. The van der Waals surface area contributed by atoms with Crippen molar-refractivity contribution in [1.82, 2.24) is 9.97 Å². The van der Waals surface area contributed by atoms with Gasteiger partial charge in [0, 0.05) is 10.0 Å². The first-order chi connectivity index (χ1) is 11.8. The molecule has 0 N–H and O–H groups in total. The Bertz CT molecular complexity index is 657. The number of ether oxygens (including phenoxy) is 1. The zero-order valence-electron chi connectivity index (χ0n) is 14.1. The Labute approximate surface area is 153 Å². The molecule has 0 bridgehead atoms. The largest absolute Gasteiger partial charge is 0.490 e. The van der Waals surface area contributed by atoms with Crippen LogP contribution < -0.4 is 4.74 Å². The fourth-order valence-corrected chi connectivity index (χ4v) is 2.45. The topological polar surface area (TPSA) is 35.0 Å². The highest BCUT2D eigenvalue weighted by Gasteiger charge is 1.97. The standard InChI is InChI=1S/C20H23BrN2O/c1-2-3-4-5-6-7-14-24-19-15-22-20(23-16-19)13-10-17-8-11-18(21)12-9-17/h8-9,11-12,15-16H,2-7,14H2,1H3. The number of hydrogen-bond acceptors (Lipinski definition) is 3. The zero-order chi connectivity index (χ0) is 17.0. The van der Waals surface area contributed by atoms with Gasteiger partial charge in [-0.05, 0) is 36.6 Å². The first-order valence-corrected chi connectivity index (χ1v) is 9.29. The summed E-state index contributed by atoms with van der Waals surface area (Å²) in [5, 5.41) is 0. The molecule has 0 fully saturated rings. The normalized spacial score (nSPS) is 10.1. The molecular weight excluding hydrogens is 364 g/mol. The molecule has 0 amide bonds. The predicted octanol–water partition coefficient (Wildman–Crippen LogP) is 5.38. The van der Waals surface area contributed by atoms with Gasteiger partial charge in [-0.3, -0.25) is 0 Å². The highest BCUT2D eigenvalue weighted by atomic mass is 79.9. The first-order valence-electron chi connectivity index (χ1n) is 8.50. The van der Waals surface area contributed by atoms with Gasteiger partial charge in [0.05, 0.1) is 19.0 Å². The molecule has 0 aliphatic rings. The third kappa shape index (κ3) is 7.14. The molecule has 2 rings (SSSR count). The lowest BCUT2D eigenvalue weighted by molar-refractivity contribution is 0.302. The van der Waals surface area contributed by atoms with Crippen molar-refractivity contribution in [2.75, 3.05) is 6.61 Å². The summed E-state index contributed by atoms with van der Waals surface area (Å²) in [7, 11) is 0. The smallest absolute Gasteiger partial charge is 0.205 e. The number of unbranched alkanes of at least 4 members (excludes halogenated alkanes) is 5. The minimum Gasteiger partial charge on any atom is -0.490 e. The maximum absolute atomic E-state index is 5.67. The average Bonchev–Trinajstić information content (AvgIpc) is 2.61. The summed E-state index contributed by atoms with van der Waals surface area (Å²) >= 11 is 3.40. The third-order valence-electron chi connectivity index (χ3n) is 3.56.